The van der Waals surface area contributed by atoms with Crippen molar-refractivity contribution < 1.29 is 8.42 Å². The quantitative estimate of drug-likeness (QED) is 0.911. The minimum atomic E-state index is -3.57. The van der Waals surface area contributed by atoms with Gasteiger partial charge in [-0.15, -0.1) is 0 Å². The SMILES string of the molecule is CN1CCc2cccc3c2C1CC3NS(=O)(=O)c1ccc(Cl)cc1. The van der Waals surface area contributed by atoms with Crippen LogP contribution in [0.15, 0.2) is 47.4 Å². The third-order valence-electron chi connectivity index (χ3n) is 5.09. The second-order valence-electron chi connectivity index (χ2n) is 6.53. The molecule has 0 saturated carbocycles. The Bertz CT molecular complexity index is 880. The molecule has 0 bridgehead atoms. The largest absolute Gasteiger partial charge is 0.299 e. The molecular formula is C18H19ClN2O2S. The van der Waals surface area contributed by atoms with E-state index in [0.29, 0.717) is 11.1 Å². The van der Waals surface area contributed by atoms with Crippen LogP contribution in [0.5, 0.6) is 0 Å². The van der Waals surface area contributed by atoms with E-state index in [2.05, 4.69) is 22.7 Å². The van der Waals surface area contributed by atoms with Crippen molar-refractivity contribution in [3.63, 3.8) is 0 Å². The molecule has 2 aromatic carbocycles. The molecule has 2 aromatic rings. The van der Waals surface area contributed by atoms with Gasteiger partial charge >= 0.3 is 0 Å². The van der Waals surface area contributed by atoms with Crippen molar-refractivity contribution in [1.82, 2.24) is 9.62 Å². The van der Waals surface area contributed by atoms with E-state index < -0.39 is 10.0 Å². The van der Waals surface area contributed by atoms with Crippen LogP contribution < -0.4 is 4.72 Å². The molecule has 126 valence electrons. The maximum atomic E-state index is 12.7. The van der Waals surface area contributed by atoms with Gasteiger partial charge in [0, 0.05) is 23.7 Å². The zero-order valence-corrected chi connectivity index (χ0v) is 14.9. The van der Waals surface area contributed by atoms with Gasteiger partial charge < -0.3 is 0 Å². The summed E-state index contributed by atoms with van der Waals surface area (Å²) in [7, 11) is -1.46. The van der Waals surface area contributed by atoms with Crippen LogP contribution >= 0.6 is 11.6 Å². The second-order valence-corrected chi connectivity index (χ2v) is 8.68. The fourth-order valence-corrected chi connectivity index (χ4v) is 5.22. The Balaban J connectivity index is 1.67. The molecule has 1 aliphatic heterocycles. The van der Waals surface area contributed by atoms with Gasteiger partial charge in [-0.3, -0.25) is 4.90 Å². The van der Waals surface area contributed by atoms with Crippen molar-refractivity contribution >= 4 is 21.6 Å². The van der Waals surface area contributed by atoms with Crippen molar-refractivity contribution in [2.75, 3.05) is 13.6 Å². The zero-order chi connectivity index (χ0) is 16.9. The minimum absolute atomic E-state index is 0.189. The van der Waals surface area contributed by atoms with Gasteiger partial charge in [0.25, 0.3) is 0 Å². The highest BCUT2D eigenvalue weighted by Gasteiger charge is 2.38. The Kier molecular flexibility index (Phi) is 3.92. The van der Waals surface area contributed by atoms with Crippen LogP contribution in [-0.2, 0) is 16.4 Å². The highest BCUT2D eigenvalue weighted by molar-refractivity contribution is 7.89. The van der Waals surface area contributed by atoms with Crippen LogP contribution in [0.3, 0.4) is 0 Å². The third kappa shape index (κ3) is 2.65. The van der Waals surface area contributed by atoms with Crippen LogP contribution in [0.2, 0.25) is 5.02 Å². The third-order valence-corrected chi connectivity index (χ3v) is 6.82. The number of nitrogens with one attached hydrogen (secondary N) is 1. The van der Waals surface area contributed by atoms with E-state index in [9.17, 15) is 8.42 Å². The summed E-state index contributed by atoms with van der Waals surface area (Å²) in [4.78, 5) is 2.57. The summed E-state index contributed by atoms with van der Waals surface area (Å²) < 4.78 is 28.3. The average Bonchev–Trinajstić information content (AvgIpc) is 2.92. The lowest BCUT2D eigenvalue weighted by Crippen LogP contribution is -2.31. The first-order chi connectivity index (χ1) is 11.5. The second kappa shape index (κ2) is 5.85. The van der Waals surface area contributed by atoms with Crippen molar-refractivity contribution in [2.24, 2.45) is 0 Å². The highest BCUT2D eigenvalue weighted by Crippen LogP contribution is 2.46. The molecule has 0 saturated heterocycles. The van der Waals surface area contributed by atoms with E-state index in [1.807, 2.05) is 12.1 Å². The molecule has 4 nitrogen and oxygen atoms in total. The predicted octanol–water partition coefficient (Wildman–Crippen LogP) is 3.29. The molecule has 2 atom stereocenters. The molecule has 24 heavy (non-hydrogen) atoms. The van der Waals surface area contributed by atoms with Crippen LogP contribution in [-0.4, -0.2) is 26.9 Å². The first-order valence-electron chi connectivity index (χ1n) is 8.05. The van der Waals surface area contributed by atoms with Gasteiger partial charge in [0.15, 0.2) is 0 Å². The Morgan fingerprint density at radius 2 is 1.92 bits per heavy atom. The highest BCUT2D eigenvalue weighted by atomic mass is 35.5. The van der Waals surface area contributed by atoms with Crippen molar-refractivity contribution in [1.29, 1.82) is 0 Å². The molecule has 2 aliphatic rings. The van der Waals surface area contributed by atoms with Crippen molar-refractivity contribution in [3.05, 3.63) is 64.2 Å². The molecule has 1 heterocycles. The molecule has 0 aromatic heterocycles. The Hall–Kier alpha value is -1.40. The van der Waals surface area contributed by atoms with E-state index >= 15 is 0 Å². The van der Waals surface area contributed by atoms with Gasteiger partial charge in [-0.2, -0.15) is 0 Å². The Labute approximate surface area is 147 Å². The zero-order valence-electron chi connectivity index (χ0n) is 13.4. The first kappa shape index (κ1) is 16.1. The van der Waals surface area contributed by atoms with E-state index in [-0.39, 0.29) is 10.9 Å². The lowest BCUT2D eigenvalue weighted by atomic mass is 9.94. The fraction of sp³-hybridized carbons (Fsp3) is 0.333. The smallest absolute Gasteiger partial charge is 0.241 e. The van der Waals surface area contributed by atoms with Gasteiger partial charge in [0.1, 0.15) is 0 Å². The molecule has 2 unspecified atom stereocenters. The standard InChI is InChI=1S/C18H19ClN2O2S/c1-21-10-9-12-3-2-4-15-16(11-17(21)18(12)15)20-24(22,23)14-7-5-13(19)6-8-14/h2-8,16-17,20H,9-11H2,1H3. The summed E-state index contributed by atoms with van der Waals surface area (Å²) in [5.41, 5.74) is 3.78. The van der Waals surface area contributed by atoms with E-state index in [1.54, 1.807) is 24.3 Å². The van der Waals surface area contributed by atoms with Crippen LogP contribution in [0.1, 0.15) is 35.2 Å². The van der Waals surface area contributed by atoms with Gasteiger partial charge in [0.05, 0.1) is 4.90 Å². The number of hydrogen-bond acceptors (Lipinski definition) is 3. The van der Waals surface area contributed by atoms with Gasteiger partial charge in [-0.1, -0.05) is 29.8 Å². The van der Waals surface area contributed by atoms with Crippen LogP contribution in [0.4, 0.5) is 0 Å². The molecular weight excluding hydrogens is 344 g/mol. The van der Waals surface area contributed by atoms with Gasteiger partial charge in [-0.25, -0.2) is 13.1 Å². The van der Waals surface area contributed by atoms with Gasteiger partial charge in [0.2, 0.25) is 10.0 Å². The van der Waals surface area contributed by atoms with E-state index in [1.165, 1.54) is 11.1 Å². The molecule has 1 aliphatic carbocycles. The molecule has 0 spiro atoms. The van der Waals surface area contributed by atoms with Crippen LogP contribution in [0, 0.1) is 0 Å². The maximum Gasteiger partial charge on any atom is 0.241 e. The average molecular weight is 363 g/mol. The number of rotatable bonds is 3. The predicted molar refractivity (Wildman–Crippen MR) is 94.6 cm³/mol. The Morgan fingerprint density at radius 1 is 1.17 bits per heavy atom. The maximum absolute atomic E-state index is 12.7. The van der Waals surface area contributed by atoms with Crippen LogP contribution in [0.25, 0.3) is 0 Å². The van der Waals surface area contributed by atoms with Crippen molar-refractivity contribution in [3.8, 4) is 0 Å². The number of sulfonamides is 1. The minimum Gasteiger partial charge on any atom is -0.299 e. The Morgan fingerprint density at radius 3 is 2.67 bits per heavy atom. The molecule has 4 rings (SSSR count). The summed E-state index contributed by atoms with van der Waals surface area (Å²) in [6.07, 6.45) is 1.79. The first-order valence-corrected chi connectivity index (χ1v) is 9.91. The number of benzene rings is 2. The topological polar surface area (TPSA) is 49.4 Å². The lowest BCUT2D eigenvalue weighted by Gasteiger charge is -2.31. The monoisotopic (exact) mass is 362 g/mol. The summed E-state index contributed by atoms with van der Waals surface area (Å²) in [6.45, 7) is 1.01. The summed E-state index contributed by atoms with van der Waals surface area (Å²) >= 11 is 5.86. The number of hydrogen-bond donors (Lipinski definition) is 1. The number of halogens is 1. The van der Waals surface area contributed by atoms with E-state index in [4.69, 9.17) is 11.6 Å². The fourth-order valence-electron chi connectivity index (χ4n) is 3.86. The molecule has 0 fully saturated rings. The molecule has 0 radical (unpaired) electrons. The van der Waals surface area contributed by atoms with E-state index in [0.717, 1.165) is 24.9 Å². The summed E-state index contributed by atoms with van der Waals surface area (Å²) in [5, 5.41) is 0.525. The normalized spacial score (nSPS) is 23.2. The van der Waals surface area contributed by atoms with Crippen molar-refractivity contribution in [2.45, 2.75) is 29.8 Å². The number of nitrogens with zero attached hydrogens (tertiary/aromatic N) is 1. The lowest BCUT2D eigenvalue weighted by molar-refractivity contribution is 0.224. The molecule has 0 amide bonds. The molecule has 6 heteroatoms. The number of likely N-dealkylation sites (N-methyl/N-ethyl adjacent to an activating group) is 1. The molecule has 1 N–H and O–H groups in total. The van der Waals surface area contributed by atoms with Gasteiger partial charge in [-0.05, 0) is 60.8 Å². The summed E-state index contributed by atoms with van der Waals surface area (Å²) in [6, 6.07) is 12.6. The summed E-state index contributed by atoms with van der Waals surface area (Å²) in [5.74, 6) is 0.